The topological polar surface area (TPSA) is 38.7 Å². The summed E-state index contributed by atoms with van der Waals surface area (Å²) in [5.41, 5.74) is 6.77. The first-order chi connectivity index (χ1) is 22.4. The van der Waals surface area contributed by atoms with Crippen LogP contribution >= 0.6 is 11.3 Å². The van der Waals surface area contributed by atoms with E-state index in [0.29, 0.717) is 13.2 Å². The van der Waals surface area contributed by atoms with Gasteiger partial charge in [-0.25, -0.2) is 4.39 Å². The van der Waals surface area contributed by atoms with E-state index in [1.54, 1.807) is 11.3 Å². The van der Waals surface area contributed by atoms with E-state index >= 15 is 0 Å². The van der Waals surface area contributed by atoms with Crippen molar-refractivity contribution >= 4 is 11.3 Å². The van der Waals surface area contributed by atoms with Crippen LogP contribution in [0.1, 0.15) is 58.9 Å². The van der Waals surface area contributed by atoms with Gasteiger partial charge in [-0.1, -0.05) is 111 Å². The summed E-state index contributed by atoms with van der Waals surface area (Å²) in [5, 5.41) is 12.1. The summed E-state index contributed by atoms with van der Waals surface area (Å²) >= 11 is 1.74. The maximum Gasteiger partial charge on any atom is 0.123 e. The molecule has 0 amide bonds. The lowest BCUT2D eigenvalue weighted by atomic mass is 9.66. The van der Waals surface area contributed by atoms with Gasteiger partial charge in [-0.2, -0.15) is 0 Å². The van der Waals surface area contributed by atoms with E-state index in [0.717, 1.165) is 40.0 Å². The molecule has 0 aliphatic heterocycles. The number of benzene rings is 4. The monoisotopic (exact) mass is 634 g/mol. The van der Waals surface area contributed by atoms with Crippen LogP contribution in [0.3, 0.4) is 0 Å². The molecule has 1 N–H and O–H groups in total. The molecule has 3 nitrogen and oxygen atoms in total. The van der Waals surface area contributed by atoms with Crippen LogP contribution in [0.5, 0.6) is 0 Å². The summed E-state index contributed by atoms with van der Waals surface area (Å²) < 4.78 is 27.1. The molecule has 46 heavy (non-hydrogen) atoms. The standard InChI is InChI=1S/C41H43FO3S/c1-4-36-28(3)40(44-25-29-11-7-5-8-12-29)41(45-26-30-13-9-6-10-14-30)38(39(36)43)32-16-15-27(2)33(23-32)24-35-21-22-37(46-35)31-17-19-34(42)20-18-31/h5-23,28,36,38-41,43H,4,24-26H2,1-3H3/t28-,36-,38?,39+,40+,41+/m1/s1. The van der Waals surface area contributed by atoms with Gasteiger partial charge in [0.05, 0.1) is 31.5 Å². The lowest BCUT2D eigenvalue weighted by Crippen LogP contribution is -2.55. The highest BCUT2D eigenvalue weighted by molar-refractivity contribution is 7.15. The smallest absolute Gasteiger partial charge is 0.123 e. The first-order valence-corrected chi connectivity index (χ1v) is 17.2. The fourth-order valence-corrected chi connectivity index (χ4v) is 8.05. The largest absolute Gasteiger partial charge is 0.392 e. The molecule has 5 heteroatoms. The molecule has 1 unspecified atom stereocenters. The summed E-state index contributed by atoms with van der Waals surface area (Å²) in [5.74, 6) is -0.288. The van der Waals surface area contributed by atoms with Gasteiger partial charge >= 0.3 is 0 Å². The van der Waals surface area contributed by atoms with Gasteiger partial charge in [0.2, 0.25) is 0 Å². The third kappa shape index (κ3) is 7.34. The Morgan fingerprint density at radius 3 is 2.02 bits per heavy atom. The molecular formula is C41H43FO3S. The Hall–Kier alpha value is -3.61. The third-order valence-corrected chi connectivity index (χ3v) is 10.8. The summed E-state index contributed by atoms with van der Waals surface area (Å²) in [4.78, 5) is 2.36. The maximum atomic E-state index is 13.5. The molecule has 1 aliphatic rings. The fraction of sp³-hybridized carbons (Fsp3) is 0.317. The van der Waals surface area contributed by atoms with E-state index < -0.39 is 6.10 Å². The molecule has 0 bridgehead atoms. The van der Waals surface area contributed by atoms with Crippen molar-refractivity contribution in [2.24, 2.45) is 11.8 Å². The summed E-state index contributed by atoms with van der Waals surface area (Å²) in [6.45, 7) is 7.46. The van der Waals surface area contributed by atoms with Crippen molar-refractivity contribution in [1.29, 1.82) is 0 Å². The minimum Gasteiger partial charge on any atom is -0.392 e. The molecule has 1 fully saturated rings. The van der Waals surface area contributed by atoms with Crippen molar-refractivity contribution < 1.29 is 19.0 Å². The highest BCUT2D eigenvalue weighted by Gasteiger charge is 2.49. The van der Waals surface area contributed by atoms with Crippen molar-refractivity contribution in [3.05, 3.63) is 154 Å². The van der Waals surface area contributed by atoms with Crippen LogP contribution in [0, 0.1) is 24.6 Å². The Morgan fingerprint density at radius 1 is 0.761 bits per heavy atom. The Balaban J connectivity index is 1.32. The van der Waals surface area contributed by atoms with Gasteiger partial charge in [0.1, 0.15) is 5.82 Å². The number of aliphatic hydroxyl groups excluding tert-OH is 1. The zero-order valence-corrected chi connectivity index (χ0v) is 27.6. The average Bonchev–Trinajstić information content (AvgIpc) is 3.54. The molecule has 5 aromatic rings. The van der Waals surface area contributed by atoms with Gasteiger partial charge < -0.3 is 14.6 Å². The van der Waals surface area contributed by atoms with Crippen molar-refractivity contribution in [3.8, 4) is 10.4 Å². The molecule has 6 rings (SSSR count). The Kier molecular flexibility index (Phi) is 10.5. The van der Waals surface area contributed by atoms with E-state index in [9.17, 15) is 9.50 Å². The third-order valence-electron chi connectivity index (χ3n) is 9.63. The first kappa shape index (κ1) is 32.3. The van der Waals surface area contributed by atoms with Crippen LogP contribution < -0.4 is 0 Å². The summed E-state index contributed by atoms with van der Waals surface area (Å²) in [6.07, 6.45) is 0.544. The van der Waals surface area contributed by atoms with Crippen LogP contribution in [0.15, 0.2) is 115 Å². The van der Waals surface area contributed by atoms with Crippen molar-refractivity contribution in [2.75, 3.05) is 0 Å². The zero-order chi connectivity index (χ0) is 32.0. The number of halogens is 1. The quantitative estimate of drug-likeness (QED) is 0.157. The minimum atomic E-state index is -0.570. The fourth-order valence-electron chi connectivity index (χ4n) is 7.02. The molecule has 0 saturated heterocycles. The molecule has 1 aromatic heterocycles. The van der Waals surface area contributed by atoms with Crippen molar-refractivity contribution in [3.63, 3.8) is 0 Å². The number of aliphatic hydroxyl groups is 1. The van der Waals surface area contributed by atoms with Gasteiger partial charge in [0, 0.05) is 22.1 Å². The molecule has 4 aromatic carbocycles. The molecule has 1 heterocycles. The molecular weight excluding hydrogens is 592 g/mol. The Labute approximate surface area is 276 Å². The highest BCUT2D eigenvalue weighted by atomic mass is 32.1. The molecule has 238 valence electrons. The van der Waals surface area contributed by atoms with Gasteiger partial charge in [-0.3, -0.25) is 0 Å². The SMILES string of the molecule is CC[C@@H]1[C@@H](C)[C@H](OCc2ccccc2)[C@@H](OCc2ccccc2)C(c2ccc(C)c(Cc3ccc(-c4ccc(F)cc4)s3)c2)[C@H]1O. The van der Waals surface area contributed by atoms with Crippen LogP contribution in [0.4, 0.5) is 4.39 Å². The second-order valence-corrected chi connectivity index (χ2v) is 13.8. The van der Waals surface area contributed by atoms with Gasteiger partial charge in [-0.05, 0) is 76.4 Å². The van der Waals surface area contributed by atoms with E-state index in [-0.39, 0.29) is 35.8 Å². The zero-order valence-electron chi connectivity index (χ0n) is 26.8. The molecule has 6 atom stereocenters. The number of rotatable bonds is 11. The van der Waals surface area contributed by atoms with Crippen LogP contribution in [0.25, 0.3) is 10.4 Å². The average molecular weight is 635 g/mol. The molecule has 1 saturated carbocycles. The molecule has 0 spiro atoms. The predicted octanol–water partition coefficient (Wildman–Crippen LogP) is 9.74. The van der Waals surface area contributed by atoms with Crippen LogP contribution in [-0.4, -0.2) is 23.4 Å². The number of hydrogen-bond donors (Lipinski definition) is 1. The second-order valence-electron chi connectivity index (χ2n) is 12.6. The van der Waals surface area contributed by atoms with Gasteiger partial charge in [0.15, 0.2) is 0 Å². The summed E-state index contributed by atoms with van der Waals surface area (Å²) in [7, 11) is 0. The molecule has 1 aliphatic carbocycles. The predicted molar refractivity (Wildman–Crippen MR) is 185 cm³/mol. The number of thiophene rings is 1. The Morgan fingerprint density at radius 2 is 1.39 bits per heavy atom. The van der Waals surface area contributed by atoms with Gasteiger partial charge in [0.25, 0.3) is 0 Å². The number of hydrogen-bond acceptors (Lipinski definition) is 4. The van der Waals surface area contributed by atoms with Crippen LogP contribution in [0.2, 0.25) is 0 Å². The van der Waals surface area contributed by atoms with Gasteiger partial charge in [-0.15, -0.1) is 11.3 Å². The highest BCUT2D eigenvalue weighted by Crippen LogP contribution is 2.45. The van der Waals surface area contributed by atoms with E-state index in [2.05, 4.69) is 75.4 Å². The Bertz CT molecular complexity index is 1680. The van der Waals surface area contributed by atoms with Crippen molar-refractivity contribution in [1.82, 2.24) is 0 Å². The second kappa shape index (κ2) is 14.9. The molecule has 0 radical (unpaired) electrons. The van der Waals surface area contributed by atoms with E-state index in [1.807, 2.05) is 48.5 Å². The summed E-state index contributed by atoms with van der Waals surface area (Å²) in [6, 6.07) is 38.1. The van der Waals surface area contributed by atoms with E-state index in [1.165, 1.54) is 28.1 Å². The minimum absolute atomic E-state index is 0.0719. The first-order valence-electron chi connectivity index (χ1n) is 16.3. The number of ether oxygens (including phenoxy) is 2. The van der Waals surface area contributed by atoms with Crippen molar-refractivity contribution in [2.45, 2.75) is 71.1 Å². The lowest BCUT2D eigenvalue weighted by molar-refractivity contribution is -0.178. The normalized spacial score (nSPS) is 23.0. The maximum absolute atomic E-state index is 13.5. The van der Waals surface area contributed by atoms with E-state index in [4.69, 9.17) is 9.47 Å². The lowest BCUT2D eigenvalue weighted by Gasteiger charge is -2.49. The van der Waals surface area contributed by atoms with Crippen LogP contribution in [-0.2, 0) is 29.1 Å². The number of aryl methyl sites for hydroxylation is 1.